The molecule has 2 heterocycles. The number of ether oxygens (including phenoxy) is 2. The number of para-hydroxylation sites is 1. The Hall–Kier alpha value is -3.62. The van der Waals surface area contributed by atoms with Crippen LogP contribution >= 0.6 is 23.1 Å². The smallest absolute Gasteiger partial charge is 0.214 e. The van der Waals surface area contributed by atoms with Gasteiger partial charge in [0.25, 0.3) is 0 Å². The van der Waals surface area contributed by atoms with E-state index < -0.39 is 5.25 Å². The molecule has 4 rings (SSSR count). The summed E-state index contributed by atoms with van der Waals surface area (Å²) in [6.07, 6.45) is 0. The summed E-state index contributed by atoms with van der Waals surface area (Å²) >= 11 is 2.56. The maximum Gasteiger partial charge on any atom is 0.214 e. The molecule has 1 atom stereocenters. The van der Waals surface area contributed by atoms with Gasteiger partial charge in [-0.2, -0.15) is 9.94 Å². The molecule has 0 bridgehead atoms. The van der Waals surface area contributed by atoms with Crippen molar-refractivity contribution in [1.29, 1.82) is 5.26 Å². The van der Waals surface area contributed by atoms with Gasteiger partial charge in [0.15, 0.2) is 0 Å². The number of fused-ring (bicyclic) bond motifs is 1. The molecule has 0 saturated carbocycles. The summed E-state index contributed by atoms with van der Waals surface area (Å²) in [4.78, 5) is 4.48. The number of methoxy groups -OCH3 is 2. The summed E-state index contributed by atoms with van der Waals surface area (Å²) in [7, 11) is 3.12. The van der Waals surface area contributed by atoms with E-state index in [1.54, 1.807) is 39.3 Å². The van der Waals surface area contributed by atoms with Crippen LogP contribution < -0.4 is 9.47 Å². The van der Waals surface area contributed by atoms with Crippen molar-refractivity contribution < 1.29 is 14.6 Å². The van der Waals surface area contributed by atoms with E-state index >= 15 is 0 Å². The van der Waals surface area contributed by atoms with Crippen LogP contribution in [0.2, 0.25) is 0 Å². The summed E-state index contributed by atoms with van der Waals surface area (Å²) < 4.78 is 13.2. The van der Waals surface area contributed by atoms with Gasteiger partial charge in [-0.25, -0.2) is 4.98 Å². The lowest BCUT2D eigenvalue weighted by molar-refractivity contribution is 0.399. The Labute approximate surface area is 191 Å². The molecule has 1 N–H and O–H groups in total. The van der Waals surface area contributed by atoms with Crippen LogP contribution in [0.3, 0.4) is 0 Å². The fraction of sp³-hybridized carbons (Fsp3) is 0.190. The third-order valence-corrected chi connectivity index (χ3v) is 6.69. The van der Waals surface area contributed by atoms with E-state index in [0.717, 1.165) is 10.2 Å². The molecule has 0 aliphatic carbocycles. The van der Waals surface area contributed by atoms with Crippen LogP contribution in [0.15, 0.2) is 53.4 Å². The molecule has 0 fully saturated rings. The fourth-order valence-electron chi connectivity index (χ4n) is 2.98. The topological polar surface area (TPSA) is 119 Å². The second kappa shape index (κ2) is 9.25. The first-order chi connectivity index (χ1) is 15.5. The minimum absolute atomic E-state index is 0.0938. The first kappa shape index (κ1) is 21.6. The Morgan fingerprint density at radius 1 is 1.22 bits per heavy atom. The van der Waals surface area contributed by atoms with Crippen LogP contribution in [0, 0.1) is 11.3 Å². The average molecular weight is 467 g/mol. The van der Waals surface area contributed by atoms with Gasteiger partial charge in [0.05, 0.1) is 29.7 Å². The number of thiazole rings is 1. The van der Waals surface area contributed by atoms with Crippen molar-refractivity contribution in [3.05, 3.63) is 53.2 Å². The first-order valence-corrected chi connectivity index (χ1v) is 11.1. The minimum atomic E-state index is -0.516. The van der Waals surface area contributed by atoms with E-state index in [-0.39, 0.29) is 11.3 Å². The number of hydrogen-bond donors (Lipinski definition) is 1. The van der Waals surface area contributed by atoms with Crippen molar-refractivity contribution in [3.63, 3.8) is 0 Å². The fourth-order valence-corrected chi connectivity index (χ4v) is 4.81. The van der Waals surface area contributed by atoms with Crippen LogP contribution in [0.4, 0.5) is 0 Å². The highest BCUT2D eigenvalue weighted by molar-refractivity contribution is 7.99. The van der Waals surface area contributed by atoms with Crippen molar-refractivity contribution in [2.24, 2.45) is 0 Å². The molecule has 0 saturated heterocycles. The molecule has 0 aliphatic heterocycles. The van der Waals surface area contributed by atoms with Crippen LogP contribution in [0.5, 0.6) is 11.5 Å². The maximum absolute atomic E-state index is 10.9. The Morgan fingerprint density at radius 2 is 2.03 bits per heavy atom. The SMILES string of the molecule is COc1ccc(OC)c(-n2nnnc2SC(C)/C(O)=C(/C#N)c2nc3ccccc3s2)c1. The quantitative estimate of drug-likeness (QED) is 0.242. The second-order valence-electron chi connectivity index (χ2n) is 6.53. The van der Waals surface area contributed by atoms with Crippen molar-refractivity contribution >= 4 is 38.9 Å². The Balaban J connectivity index is 1.67. The molecule has 1 unspecified atom stereocenters. The van der Waals surface area contributed by atoms with Crippen LogP contribution in [-0.4, -0.2) is 49.8 Å². The van der Waals surface area contributed by atoms with E-state index in [0.29, 0.717) is 27.4 Å². The number of thioether (sulfide) groups is 1. The predicted molar refractivity (Wildman–Crippen MR) is 122 cm³/mol. The molecule has 11 heteroatoms. The highest BCUT2D eigenvalue weighted by atomic mass is 32.2. The van der Waals surface area contributed by atoms with E-state index in [1.807, 2.05) is 24.3 Å². The van der Waals surface area contributed by atoms with Gasteiger partial charge in [-0.1, -0.05) is 23.9 Å². The zero-order valence-corrected chi connectivity index (χ0v) is 19.0. The van der Waals surface area contributed by atoms with Crippen molar-refractivity contribution in [3.8, 4) is 23.3 Å². The molecule has 0 spiro atoms. The zero-order chi connectivity index (χ0) is 22.7. The second-order valence-corrected chi connectivity index (χ2v) is 8.87. The number of aliphatic hydroxyl groups excluding tert-OH is 1. The number of tetrazole rings is 1. The van der Waals surface area contributed by atoms with E-state index in [9.17, 15) is 10.4 Å². The molecule has 9 nitrogen and oxygen atoms in total. The number of rotatable bonds is 7. The Kier molecular flexibility index (Phi) is 6.25. The largest absolute Gasteiger partial charge is 0.510 e. The number of nitrogens with zero attached hydrogens (tertiary/aromatic N) is 6. The highest BCUT2D eigenvalue weighted by Gasteiger charge is 2.23. The normalized spacial score (nSPS) is 12.8. The molecule has 4 aromatic rings. The van der Waals surface area contributed by atoms with Gasteiger partial charge >= 0.3 is 0 Å². The number of aliphatic hydroxyl groups is 1. The molecule has 2 aromatic carbocycles. The average Bonchev–Trinajstić information content (AvgIpc) is 3.45. The highest BCUT2D eigenvalue weighted by Crippen LogP contribution is 2.35. The van der Waals surface area contributed by atoms with Crippen LogP contribution in [0.25, 0.3) is 21.5 Å². The third-order valence-electron chi connectivity index (χ3n) is 4.60. The summed E-state index contributed by atoms with van der Waals surface area (Å²) in [6.45, 7) is 1.77. The molecule has 0 aliphatic rings. The van der Waals surface area contributed by atoms with Gasteiger partial charge in [0.1, 0.15) is 39.6 Å². The zero-order valence-electron chi connectivity index (χ0n) is 17.4. The molecule has 0 amide bonds. The van der Waals surface area contributed by atoms with E-state index in [4.69, 9.17) is 9.47 Å². The lowest BCUT2D eigenvalue weighted by Gasteiger charge is -2.13. The number of aromatic nitrogens is 5. The third kappa shape index (κ3) is 4.10. The van der Waals surface area contributed by atoms with Gasteiger partial charge in [0, 0.05) is 6.07 Å². The summed E-state index contributed by atoms with van der Waals surface area (Å²) in [6, 6.07) is 15.0. The molecule has 32 heavy (non-hydrogen) atoms. The predicted octanol–water partition coefficient (Wildman–Crippen LogP) is 4.26. The van der Waals surface area contributed by atoms with Crippen molar-refractivity contribution in [1.82, 2.24) is 25.2 Å². The van der Waals surface area contributed by atoms with Gasteiger partial charge in [-0.05, 0) is 41.6 Å². The van der Waals surface area contributed by atoms with Crippen LogP contribution in [0.1, 0.15) is 11.9 Å². The van der Waals surface area contributed by atoms with E-state index in [2.05, 4.69) is 26.6 Å². The van der Waals surface area contributed by atoms with Gasteiger partial charge < -0.3 is 14.6 Å². The maximum atomic E-state index is 10.9. The van der Waals surface area contributed by atoms with Crippen molar-refractivity contribution in [2.75, 3.05) is 14.2 Å². The van der Waals surface area contributed by atoms with E-state index in [1.165, 1.54) is 27.8 Å². The first-order valence-electron chi connectivity index (χ1n) is 9.42. The van der Waals surface area contributed by atoms with Crippen LogP contribution in [-0.2, 0) is 0 Å². The molecular formula is C21H18N6O3S2. The summed E-state index contributed by atoms with van der Waals surface area (Å²) in [5, 5.41) is 32.9. The molecule has 2 aromatic heterocycles. The minimum Gasteiger partial charge on any atom is -0.510 e. The molecular weight excluding hydrogens is 448 g/mol. The Morgan fingerprint density at radius 3 is 2.75 bits per heavy atom. The Bertz CT molecular complexity index is 1310. The van der Waals surface area contributed by atoms with Gasteiger partial charge in [0.2, 0.25) is 5.16 Å². The molecule has 162 valence electrons. The number of hydrogen-bond acceptors (Lipinski definition) is 10. The number of nitriles is 1. The number of allylic oxidation sites excluding steroid dienone is 1. The van der Waals surface area contributed by atoms with Gasteiger partial charge in [-0.3, -0.25) is 0 Å². The van der Waals surface area contributed by atoms with Crippen molar-refractivity contribution in [2.45, 2.75) is 17.3 Å². The lowest BCUT2D eigenvalue weighted by Crippen LogP contribution is -2.08. The number of benzene rings is 2. The molecule has 0 radical (unpaired) electrons. The standard InChI is InChI=1S/C21H18N6O3S2/c1-12(19(28)14(11-22)20-23-15-6-4-5-7-18(15)32-20)31-21-24-25-26-27(21)16-10-13(29-2)8-9-17(16)30-3/h4-10,12,28H,1-3H3/b19-14+. The summed E-state index contributed by atoms with van der Waals surface area (Å²) in [5.41, 5.74) is 1.49. The monoisotopic (exact) mass is 466 g/mol. The summed E-state index contributed by atoms with van der Waals surface area (Å²) in [5.74, 6) is 1.08. The van der Waals surface area contributed by atoms with Gasteiger partial charge in [-0.15, -0.1) is 16.4 Å². The lowest BCUT2D eigenvalue weighted by atomic mass is 10.2.